The Morgan fingerprint density at radius 2 is 1.64 bits per heavy atom. The quantitative estimate of drug-likeness (QED) is 0.279. The number of likely N-dealkylation sites (N-methyl/N-ethyl adjacent to an activating group) is 1. The van der Waals surface area contributed by atoms with Crippen LogP contribution in [0.3, 0.4) is 0 Å². The number of benzene rings is 2. The Morgan fingerprint density at radius 3 is 2.29 bits per heavy atom. The number of hydrogen-bond donors (Lipinski definition) is 3. The van der Waals surface area contributed by atoms with Crippen LogP contribution in [0.15, 0.2) is 48.5 Å². The second-order valence-corrected chi connectivity index (χ2v) is 11.7. The molecule has 2 aliphatic carbocycles. The lowest BCUT2D eigenvalue weighted by Crippen LogP contribution is -2.40. The minimum atomic E-state index is -1.06. The third-order valence-electron chi connectivity index (χ3n) is 7.98. The number of halogens is 1. The lowest BCUT2D eigenvalue weighted by molar-refractivity contribution is -0.136. The highest BCUT2D eigenvalue weighted by atomic mass is 35.5. The molecule has 0 atom stereocenters. The fourth-order valence-electron chi connectivity index (χ4n) is 5.98. The van der Waals surface area contributed by atoms with E-state index in [0.717, 1.165) is 44.1 Å². The molecule has 0 spiro atoms. The number of rotatable bonds is 11. The van der Waals surface area contributed by atoms with Gasteiger partial charge < -0.3 is 20.6 Å². The monoisotopic (exact) mass is 589 g/mol. The lowest BCUT2D eigenvalue weighted by Gasteiger charge is -2.22. The van der Waals surface area contributed by atoms with Gasteiger partial charge in [-0.2, -0.15) is 0 Å². The van der Waals surface area contributed by atoms with E-state index in [0.29, 0.717) is 36.1 Å². The first-order chi connectivity index (χ1) is 20.2. The zero-order valence-corrected chi connectivity index (χ0v) is 24.5. The molecule has 1 fully saturated rings. The highest BCUT2D eigenvalue weighted by molar-refractivity contribution is 6.30. The number of nitrogens with one attached hydrogen (secondary N) is 2. The van der Waals surface area contributed by atoms with Crippen LogP contribution in [0.2, 0.25) is 5.15 Å². The topological polar surface area (TPSA) is 125 Å². The van der Waals surface area contributed by atoms with Gasteiger partial charge in [0.2, 0.25) is 11.8 Å². The zero-order valence-electron chi connectivity index (χ0n) is 23.7. The van der Waals surface area contributed by atoms with Crippen LogP contribution in [0.1, 0.15) is 60.2 Å². The molecule has 3 aromatic rings. The normalized spacial score (nSPS) is 14.9. The number of carbonyl (C=O) groups is 3. The summed E-state index contributed by atoms with van der Waals surface area (Å²) in [6, 6.07) is 16.0. The summed E-state index contributed by atoms with van der Waals surface area (Å²) in [7, 11) is 1.70. The average molecular weight is 590 g/mol. The van der Waals surface area contributed by atoms with Crippen molar-refractivity contribution >= 4 is 40.9 Å². The van der Waals surface area contributed by atoms with Gasteiger partial charge in [-0.15, -0.1) is 0 Å². The van der Waals surface area contributed by atoms with E-state index in [1.807, 2.05) is 36.4 Å². The molecule has 2 amide bonds. The van der Waals surface area contributed by atoms with Gasteiger partial charge in [0.15, 0.2) is 0 Å². The predicted molar refractivity (Wildman–Crippen MR) is 162 cm³/mol. The van der Waals surface area contributed by atoms with E-state index >= 15 is 0 Å². The van der Waals surface area contributed by atoms with Crippen molar-refractivity contribution < 1.29 is 19.5 Å². The number of hydrogen-bond acceptors (Lipinski definition) is 6. The van der Waals surface area contributed by atoms with Crippen LogP contribution in [0, 0.1) is 5.92 Å². The van der Waals surface area contributed by atoms with E-state index in [1.54, 1.807) is 11.9 Å². The van der Waals surface area contributed by atoms with Crippen LogP contribution in [-0.4, -0.2) is 52.5 Å². The first kappa shape index (κ1) is 29.5. The van der Waals surface area contributed by atoms with E-state index < -0.39 is 5.97 Å². The fourth-order valence-corrected chi connectivity index (χ4v) is 6.23. The Hall–Kier alpha value is -3.98. The molecule has 9 nitrogen and oxygen atoms in total. The molecule has 3 N–H and O–H groups in total. The van der Waals surface area contributed by atoms with Crippen LogP contribution in [0.5, 0.6) is 0 Å². The molecule has 0 radical (unpaired) electrons. The SMILES string of the molecule is CN(CC(=O)NC1CCCC1)c1nc(Cc2ccc(NC(=O)CC3Cc4ccccc4C3)cc2)nc(Cl)c1CC(=O)O. The molecule has 220 valence electrons. The van der Waals surface area contributed by atoms with Gasteiger partial charge in [-0.25, -0.2) is 9.97 Å². The zero-order chi connectivity index (χ0) is 29.6. The Bertz CT molecular complexity index is 1430. The molecule has 2 aromatic carbocycles. The first-order valence-electron chi connectivity index (χ1n) is 14.5. The molecule has 0 unspecified atom stereocenters. The van der Waals surface area contributed by atoms with Crippen molar-refractivity contribution in [2.75, 3.05) is 23.8 Å². The van der Waals surface area contributed by atoms with Gasteiger partial charge in [-0.05, 0) is 60.4 Å². The van der Waals surface area contributed by atoms with Crippen molar-refractivity contribution in [2.24, 2.45) is 5.92 Å². The number of aliphatic carboxylic acids is 1. The van der Waals surface area contributed by atoms with Crippen molar-refractivity contribution in [3.8, 4) is 0 Å². The number of amides is 2. The Labute approximate surface area is 250 Å². The van der Waals surface area contributed by atoms with Crippen molar-refractivity contribution in [2.45, 2.75) is 63.8 Å². The van der Waals surface area contributed by atoms with Crippen LogP contribution >= 0.6 is 11.6 Å². The van der Waals surface area contributed by atoms with Crippen molar-refractivity contribution in [3.63, 3.8) is 0 Å². The van der Waals surface area contributed by atoms with Gasteiger partial charge in [0.1, 0.15) is 16.8 Å². The Kier molecular flexibility index (Phi) is 9.37. The molecule has 1 heterocycles. The summed E-state index contributed by atoms with van der Waals surface area (Å²) in [4.78, 5) is 47.5. The summed E-state index contributed by atoms with van der Waals surface area (Å²) < 4.78 is 0. The molecular formula is C32H36ClN5O4. The van der Waals surface area contributed by atoms with E-state index in [9.17, 15) is 19.5 Å². The van der Waals surface area contributed by atoms with Gasteiger partial charge in [0, 0.05) is 37.2 Å². The van der Waals surface area contributed by atoms with Gasteiger partial charge in [-0.3, -0.25) is 14.4 Å². The van der Waals surface area contributed by atoms with Gasteiger partial charge in [0.25, 0.3) is 0 Å². The first-order valence-corrected chi connectivity index (χ1v) is 14.8. The molecule has 2 aliphatic rings. The summed E-state index contributed by atoms with van der Waals surface area (Å²) in [5, 5.41) is 15.5. The van der Waals surface area contributed by atoms with Crippen LogP contribution in [0.4, 0.5) is 11.5 Å². The van der Waals surface area contributed by atoms with Gasteiger partial charge in [0.05, 0.1) is 13.0 Å². The number of nitrogens with zero attached hydrogens (tertiary/aromatic N) is 3. The van der Waals surface area contributed by atoms with Crippen molar-refractivity contribution in [1.82, 2.24) is 15.3 Å². The van der Waals surface area contributed by atoms with Crippen LogP contribution in [-0.2, 0) is 40.1 Å². The average Bonchev–Trinajstić information content (AvgIpc) is 3.60. The molecule has 10 heteroatoms. The van der Waals surface area contributed by atoms with E-state index in [-0.39, 0.29) is 41.5 Å². The minimum Gasteiger partial charge on any atom is -0.481 e. The molecule has 42 heavy (non-hydrogen) atoms. The smallest absolute Gasteiger partial charge is 0.308 e. The standard InChI is InChI=1S/C32H36ClN5O4/c1-38(19-29(40)35-24-8-4-5-9-24)32-26(18-30(41)42)31(33)36-27(37-32)16-20-10-12-25(13-11-20)34-28(39)17-21-14-22-6-2-3-7-23(22)15-21/h2-3,6-7,10-13,21,24H,4-5,8-9,14-19H2,1H3,(H,34,39)(H,35,40)(H,41,42). The molecule has 1 aromatic heterocycles. The second kappa shape index (κ2) is 13.3. The van der Waals surface area contributed by atoms with Crippen molar-refractivity contribution in [3.05, 3.63) is 81.8 Å². The Balaban J connectivity index is 1.22. The molecule has 5 rings (SSSR count). The maximum absolute atomic E-state index is 12.7. The van der Waals surface area contributed by atoms with E-state index in [1.165, 1.54) is 11.1 Å². The molecule has 0 saturated heterocycles. The summed E-state index contributed by atoms with van der Waals surface area (Å²) in [6.07, 6.45) is 6.48. The van der Waals surface area contributed by atoms with Crippen LogP contribution < -0.4 is 15.5 Å². The van der Waals surface area contributed by atoms with Crippen LogP contribution in [0.25, 0.3) is 0 Å². The summed E-state index contributed by atoms with van der Waals surface area (Å²) >= 11 is 6.46. The molecule has 0 aliphatic heterocycles. The summed E-state index contributed by atoms with van der Waals surface area (Å²) in [5.41, 5.74) is 4.55. The lowest BCUT2D eigenvalue weighted by atomic mass is 10.0. The summed E-state index contributed by atoms with van der Waals surface area (Å²) in [6.45, 7) is 0.0250. The maximum atomic E-state index is 12.7. The number of carbonyl (C=O) groups excluding carboxylic acids is 2. The number of fused-ring (bicyclic) bond motifs is 1. The molecule has 1 saturated carbocycles. The predicted octanol–water partition coefficient (Wildman–Crippen LogP) is 4.59. The number of anilines is 2. The largest absolute Gasteiger partial charge is 0.481 e. The number of carboxylic acid groups (broad SMARTS) is 1. The fraction of sp³-hybridized carbons (Fsp3) is 0.406. The highest BCUT2D eigenvalue weighted by Gasteiger charge is 2.24. The van der Waals surface area contributed by atoms with Gasteiger partial charge >= 0.3 is 5.97 Å². The van der Waals surface area contributed by atoms with E-state index in [2.05, 4.69) is 32.7 Å². The maximum Gasteiger partial charge on any atom is 0.308 e. The highest BCUT2D eigenvalue weighted by Crippen LogP contribution is 2.29. The summed E-state index contributed by atoms with van der Waals surface area (Å²) in [5.74, 6) is -0.162. The second-order valence-electron chi connectivity index (χ2n) is 11.4. The third kappa shape index (κ3) is 7.64. The van der Waals surface area contributed by atoms with E-state index in [4.69, 9.17) is 11.6 Å². The number of carboxylic acids is 1. The van der Waals surface area contributed by atoms with Crippen molar-refractivity contribution in [1.29, 1.82) is 0 Å². The molecule has 0 bridgehead atoms. The Morgan fingerprint density at radius 1 is 0.976 bits per heavy atom. The van der Waals surface area contributed by atoms with Gasteiger partial charge in [-0.1, -0.05) is 60.8 Å². The molecular weight excluding hydrogens is 554 g/mol. The minimum absolute atomic E-state index is 0.00524. The third-order valence-corrected chi connectivity index (χ3v) is 8.29. The number of aromatic nitrogens is 2.